The average molecular weight is 539 g/mol. The standard InChI is InChI=1S/C30H32F6O2/c1-3-4-5-6-15-37-25-13-14-26(30(36)29(25)35)38-18-23(31)17-22-12-11-21(27(33)28(22)34)10-9-20-8-7-19(2)16-24(20)32/h7-8,11-14,16,23H,3-6,9-10,15,17-18H2,1-2H3. The Morgan fingerprint density at radius 2 is 1.29 bits per heavy atom. The first-order valence-corrected chi connectivity index (χ1v) is 12.8. The van der Waals surface area contributed by atoms with E-state index in [2.05, 4.69) is 6.92 Å². The van der Waals surface area contributed by atoms with Crippen LogP contribution in [0.1, 0.15) is 54.9 Å². The summed E-state index contributed by atoms with van der Waals surface area (Å²) in [7, 11) is 0. The number of unbranched alkanes of at least 4 members (excludes halogenated alkanes) is 3. The molecule has 3 rings (SSSR count). The van der Waals surface area contributed by atoms with Gasteiger partial charge in [0, 0.05) is 6.42 Å². The molecule has 0 aliphatic rings. The number of benzene rings is 3. The zero-order chi connectivity index (χ0) is 27.7. The van der Waals surface area contributed by atoms with Crippen LogP contribution in [0.15, 0.2) is 42.5 Å². The molecule has 0 bridgehead atoms. The van der Waals surface area contributed by atoms with Crippen molar-refractivity contribution in [2.24, 2.45) is 0 Å². The Kier molecular flexibility index (Phi) is 10.9. The van der Waals surface area contributed by atoms with Gasteiger partial charge in [-0.15, -0.1) is 0 Å². The largest absolute Gasteiger partial charge is 0.490 e. The molecule has 1 atom stereocenters. The van der Waals surface area contributed by atoms with Crippen molar-refractivity contribution in [2.45, 2.75) is 65.0 Å². The van der Waals surface area contributed by atoms with Crippen molar-refractivity contribution < 1.29 is 35.8 Å². The van der Waals surface area contributed by atoms with Crippen LogP contribution in [0.25, 0.3) is 0 Å². The quantitative estimate of drug-likeness (QED) is 0.152. The highest BCUT2D eigenvalue weighted by atomic mass is 19.2. The maximum absolute atomic E-state index is 14.6. The zero-order valence-corrected chi connectivity index (χ0v) is 21.6. The van der Waals surface area contributed by atoms with Gasteiger partial charge >= 0.3 is 0 Å². The average Bonchev–Trinajstić information content (AvgIpc) is 2.89. The number of halogens is 6. The fraction of sp³-hybridized carbons (Fsp3) is 0.400. The number of hydrogen-bond acceptors (Lipinski definition) is 2. The molecule has 3 aromatic carbocycles. The van der Waals surface area contributed by atoms with Crippen LogP contribution >= 0.6 is 0 Å². The topological polar surface area (TPSA) is 18.5 Å². The van der Waals surface area contributed by atoms with Gasteiger partial charge in [-0.25, -0.2) is 17.6 Å². The number of hydrogen-bond donors (Lipinski definition) is 0. The second-order valence-electron chi connectivity index (χ2n) is 9.32. The lowest BCUT2D eigenvalue weighted by molar-refractivity contribution is 0.186. The molecule has 8 heteroatoms. The molecular formula is C30H32F6O2. The van der Waals surface area contributed by atoms with Crippen LogP contribution in [-0.4, -0.2) is 19.4 Å². The lowest BCUT2D eigenvalue weighted by Gasteiger charge is -2.14. The van der Waals surface area contributed by atoms with Crippen molar-refractivity contribution in [3.8, 4) is 11.5 Å². The van der Waals surface area contributed by atoms with E-state index < -0.39 is 54.0 Å². The summed E-state index contributed by atoms with van der Waals surface area (Å²) in [5.74, 6) is -6.05. The third-order valence-corrected chi connectivity index (χ3v) is 6.24. The molecule has 0 fully saturated rings. The molecule has 0 amide bonds. The molecule has 0 heterocycles. The van der Waals surface area contributed by atoms with E-state index >= 15 is 0 Å². The van der Waals surface area contributed by atoms with Gasteiger partial charge in [0.1, 0.15) is 18.6 Å². The monoisotopic (exact) mass is 538 g/mol. The molecule has 1 unspecified atom stereocenters. The smallest absolute Gasteiger partial charge is 0.204 e. The Bertz CT molecular complexity index is 1210. The van der Waals surface area contributed by atoms with E-state index in [-0.39, 0.29) is 36.3 Å². The minimum absolute atomic E-state index is 0.0445. The molecule has 0 saturated heterocycles. The van der Waals surface area contributed by atoms with Gasteiger partial charge in [-0.3, -0.25) is 0 Å². The minimum atomic E-state index is -1.81. The first-order chi connectivity index (χ1) is 18.2. The fourth-order valence-corrected chi connectivity index (χ4v) is 4.03. The molecule has 206 valence electrons. The first kappa shape index (κ1) is 29.4. The summed E-state index contributed by atoms with van der Waals surface area (Å²) in [5, 5.41) is 0. The highest BCUT2D eigenvalue weighted by molar-refractivity contribution is 5.35. The van der Waals surface area contributed by atoms with E-state index in [0.29, 0.717) is 12.0 Å². The van der Waals surface area contributed by atoms with E-state index in [1.807, 2.05) is 0 Å². The van der Waals surface area contributed by atoms with Gasteiger partial charge in [-0.1, -0.05) is 50.5 Å². The number of ether oxygens (including phenoxy) is 2. The van der Waals surface area contributed by atoms with Crippen LogP contribution < -0.4 is 9.47 Å². The Hall–Kier alpha value is -3.16. The number of rotatable bonds is 14. The highest BCUT2D eigenvalue weighted by Gasteiger charge is 2.20. The second kappa shape index (κ2) is 14.1. The van der Waals surface area contributed by atoms with E-state index in [4.69, 9.17) is 9.47 Å². The minimum Gasteiger partial charge on any atom is -0.490 e. The maximum atomic E-state index is 14.6. The normalized spacial score (nSPS) is 12.0. The van der Waals surface area contributed by atoms with Crippen LogP contribution in [-0.2, 0) is 19.3 Å². The van der Waals surface area contributed by atoms with Crippen molar-refractivity contribution in [2.75, 3.05) is 13.2 Å². The number of alkyl halides is 1. The number of aryl methyl sites for hydroxylation is 3. The fourth-order valence-electron chi connectivity index (χ4n) is 4.03. The van der Waals surface area contributed by atoms with E-state index in [1.165, 1.54) is 24.3 Å². The lowest BCUT2D eigenvalue weighted by atomic mass is 9.99. The molecule has 0 spiro atoms. The van der Waals surface area contributed by atoms with Gasteiger partial charge in [0.2, 0.25) is 11.6 Å². The maximum Gasteiger partial charge on any atom is 0.204 e. The summed E-state index contributed by atoms with van der Waals surface area (Å²) in [6.45, 7) is 3.36. The Labute approximate surface area is 219 Å². The predicted octanol–water partition coefficient (Wildman–Crippen LogP) is 8.39. The molecular weight excluding hydrogens is 506 g/mol. The van der Waals surface area contributed by atoms with Crippen LogP contribution in [0.4, 0.5) is 26.3 Å². The summed E-state index contributed by atoms with van der Waals surface area (Å²) >= 11 is 0. The summed E-state index contributed by atoms with van der Waals surface area (Å²) in [5.41, 5.74) is 0.964. The molecule has 0 aliphatic heterocycles. The first-order valence-electron chi connectivity index (χ1n) is 12.8. The summed E-state index contributed by atoms with van der Waals surface area (Å²) in [4.78, 5) is 0. The van der Waals surface area contributed by atoms with Gasteiger partial charge in [0.25, 0.3) is 0 Å². The van der Waals surface area contributed by atoms with E-state index in [1.54, 1.807) is 19.1 Å². The second-order valence-corrected chi connectivity index (χ2v) is 9.32. The lowest BCUT2D eigenvalue weighted by Crippen LogP contribution is -2.18. The van der Waals surface area contributed by atoms with Crippen molar-refractivity contribution in [1.82, 2.24) is 0 Å². The third kappa shape index (κ3) is 7.92. The molecule has 0 saturated carbocycles. The molecule has 0 aliphatic carbocycles. The Morgan fingerprint density at radius 3 is 1.97 bits per heavy atom. The van der Waals surface area contributed by atoms with Crippen molar-refractivity contribution in [1.29, 1.82) is 0 Å². The van der Waals surface area contributed by atoms with Gasteiger partial charge < -0.3 is 9.47 Å². The van der Waals surface area contributed by atoms with Crippen molar-refractivity contribution in [3.63, 3.8) is 0 Å². The van der Waals surface area contributed by atoms with Crippen LogP contribution in [0.5, 0.6) is 11.5 Å². The van der Waals surface area contributed by atoms with Crippen LogP contribution in [0.2, 0.25) is 0 Å². The summed E-state index contributed by atoms with van der Waals surface area (Å²) in [6.07, 6.45) is 1.58. The van der Waals surface area contributed by atoms with Gasteiger partial charge in [0.05, 0.1) is 6.61 Å². The van der Waals surface area contributed by atoms with E-state index in [0.717, 1.165) is 30.9 Å². The molecule has 2 nitrogen and oxygen atoms in total. The third-order valence-electron chi connectivity index (χ3n) is 6.24. The van der Waals surface area contributed by atoms with Crippen LogP contribution in [0, 0.1) is 36.0 Å². The molecule has 38 heavy (non-hydrogen) atoms. The zero-order valence-electron chi connectivity index (χ0n) is 21.6. The van der Waals surface area contributed by atoms with Crippen LogP contribution in [0.3, 0.4) is 0 Å². The molecule has 0 aromatic heterocycles. The van der Waals surface area contributed by atoms with Gasteiger partial charge in [0.15, 0.2) is 23.1 Å². The molecule has 0 radical (unpaired) electrons. The molecule has 0 N–H and O–H groups in total. The summed E-state index contributed by atoms with van der Waals surface area (Å²) in [6, 6.07) is 9.65. The van der Waals surface area contributed by atoms with Gasteiger partial charge in [-0.05, 0) is 66.6 Å². The van der Waals surface area contributed by atoms with Gasteiger partial charge in [-0.2, -0.15) is 8.78 Å². The van der Waals surface area contributed by atoms with Crippen molar-refractivity contribution >= 4 is 0 Å². The highest BCUT2D eigenvalue weighted by Crippen LogP contribution is 2.28. The molecule has 3 aromatic rings. The van der Waals surface area contributed by atoms with Crippen molar-refractivity contribution in [3.05, 3.63) is 93.8 Å². The Morgan fingerprint density at radius 1 is 0.684 bits per heavy atom. The predicted molar refractivity (Wildman–Crippen MR) is 135 cm³/mol. The summed E-state index contributed by atoms with van der Waals surface area (Å²) < 4.78 is 96.7. The van der Waals surface area contributed by atoms with E-state index in [9.17, 15) is 26.3 Å². The Balaban J connectivity index is 1.54. The SMILES string of the molecule is CCCCCCOc1ccc(OCC(F)Cc2ccc(CCc3ccc(C)cc3F)c(F)c2F)c(F)c1F.